The van der Waals surface area contributed by atoms with Gasteiger partial charge in [0.2, 0.25) is 0 Å². The van der Waals surface area contributed by atoms with Crippen molar-refractivity contribution in [2.24, 2.45) is 0 Å². The minimum atomic E-state index is 0.543. The van der Waals surface area contributed by atoms with Gasteiger partial charge in [0.25, 0.3) is 0 Å². The zero-order valence-electron chi connectivity index (χ0n) is 7.03. The highest BCUT2D eigenvalue weighted by Gasteiger charge is 2.26. The predicted octanol–water partition coefficient (Wildman–Crippen LogP) is 1.97. The van der Waals surface area contributed by atoms with Crippen LogP contribution in [0.25, 0.3) is 0 Å². The molecule has 2 saturated heterocycles. The molecule has 2 heterocycles. The van der Waals surface area contributed by atoms with Crippen LogP contribution in [0.1, 0.15) is 0 Å². The molecule has 1 nitrogen and oxygen atoms in total. The fraction of sp³-hybridized carbons (Fsp3) is 1.00. The van der Waals surface area contributed by atoms with Crippen molar-refractivity contribution >= 4 is 35.3 Å². The van der Waals surface area contributed by atoms with Crippen LogP contribution in [0.3, 0.4) is 0 Å². The molecule has 0 amide bonds. The first-order valence-electron chi connectivity index (χ1n) is 4.35. The molecule has 0 aromatic rings. The van der Waals surface area contributed by atoms with E-state index in [0.29, 0.717) is 6.10 Å². The lowest BCUT2D eigenvalue weighted by Crippen LogP contribution is -2.36. The third-order valence-corrected chi connectivity index (χ3v) is 6.01. The van der Waals surface area contributed by atoms with Gasteiger partial charge in [0.1, 0.15) is 0 Å². The first kappa shape index (κ1) is 9.56. The van der Waals surface area contributed by atoms with E-state index in [0.717, 1.165) is 11.9 Å². The molecule has 12 heavy (non-hydrogen) atoms. The maximum atomic E-state index is 5.76. The molecule has 0 aromatic heterocycles. The van der Waals surface area contributed by atoms with E-state index >= 15 is 0 Å². The van der Waals surface area contributed by atoms with Gasteiger partial charge in [-0.1, -0.05) is 0 Å². The van der Waals surface area contributed by atoms with E-state index in [9.17, 15) is 0 Å². The Kier molecular flexibility index (Phi) is 4.01. The summed E-state index contributed by atoms with van der Waals surface area (Å²) in [5.41, 5.74) is 0. The van der Waals surface area contributed by atoms with E-state index < -0.39 is 0 Å². The van der Waals surface area contributed by atoms with Gasteiger partial charge in [0.15, 0.2) is 0 Å². The monoisotopic (exact) mass is 222 g/mol. The molecule has 2 fully saturated rings. The second-order valence-corrected chi connectivity index (χ2v) is 6.62. The Morgan fingerprint density at radius 2 is 1.92 bits per heavy atom. The van der Waals surface area contributed by atoms with Gasteiger partial charge < -0.3 is 4.74 Å². The molecular formula is C8H14OS3. The molecule has 2 unspecified atom stereocenters. The topological polar surface area (TPSA) is 9.23 Å². The van der Waals surface area contributed by atoms with Crippen LogP contribution >= 0.6 is 35.3 Å². The third-order valence-electron chi connectivity index (χ3n) is 2.10. The molecule has 2 atom stereocenters. The number of rotatable bonds is 1. The Labute approximate surface area is 86.8 Å². The van der Waals surface area contributed by atoms with Crippen molar-refractivity contribution in [2.75, 3.05) is 35.4 Å². The van der Waals surface area contributed by atoms with E-state index in [1.54, 1.807) is 0 Å². The molecule has 0 spiro atoms. The van der Waals surface area contributed by atoms with Crippen molar-refractivity contribution < 1.29 is 4.74 Å². The molecule has 0 aromatic carbocycles. The Morgan fingerprint density at radius 3 is 2.58 bits per heavy atom. The van der Waals surface area contributed by atoms with Crippen molar-refractivity contribution in [1.82, 2.24) is 0 Å². The van der Waals surface area contributed by atoms with Crippen LogP contribution in [0.15, 0.2) is 0 Å². The zero-order valence-corrected chi connectivity index (χ0v) is 9.48. The lowest BCUT2D eigenvalue weighted by molar-refractivity contribution is 0.0778. The molecule has 2 aliphatic rings. The molecule has 2 aliphatic heterocycles. The minimum Gasteiger partial charge on any atom is -0.375 e. The zero-order chi connectivity index (χ0) is 8.23. The Morgan fingerprint density at radius 1 is 1.00 bits per heavy atom. The van der Waals surface area contributed by atoms with Crippen molar-refractivity contribution in [3.05, 3.63) is 0 Å². The third kappa shape index (κ3) is 2.50. The SMILES string of the molecule is C1CSCC(C2CSCCS2)O1. The normalized spacial score (nSPS) is 38.0. The van der Waals surface area contributed by atoms with Crippen LogP contribution in [0.5, 0.6) is 0 Å². The van der Waals surface area contributed by atoms with Gasteiger partial charge in [0.05, 0.1) is 12.7 Å². The van der Waals surface area contributed by atoms with E-state index in [2.05, 4.69) is 23.5 Å². The average molecular weight is 222 g/mol. The Bertz CT molecular complexity index is 114. The van der Waals surface area contributed by atoms with Crippen LogP contribution in [-0.4, -0.2) is 46.7 Å². The Hall–Kier alpha value is 1.01. The summed E-state index contributed by atoms with van der Waals surface area (Å²) in [4.78, 5) is 0. The lowest BCUT2D eigenvalue weighted by atomic mass is 10.3. The predicted molar refractivity (Wildman–Crippen MR) is 60.6 cm³/mol. The van der Waals surface area contributed by atoms with Gasteiger partial charge in [0, 0.05) is 34.0 Å². The summed E-state index contributed by atoms with van der Waals surface area (Å²) in [6.45, 7) is 0.969. The summed E-state index contributed by atoms with van der Waals surface area (Å²) in [7, 11) is 0. The van der Waals surface area contributed by atoms with E-state index in [1.807, 2.05) is 11.8 Å². The Balaban J connectivity index is 1.80. The number of thioether (sulfide) groups is 3. The number of hydrogen-bond donors (Lipinski definition) is 0. The average Bonchev–Trinajstić information content (AvgIpc) is 2.21. The maximum Gasteiger partial charge on any atom is 0.0792 e. The van der Waals surface area contributed by atoms with Crippen molar-refractivity contribution in [1.29, 1.82) is 0 Å². The van der Waals surface area contributed by atoms with Crippen molar-refractivity contribution in [3.8, 4) is 0 Å². The molecule has 0 N–H and O–H groups in total. The largest absolute Gasteiger partial charge is 0.375 e. The number of ether oxygens (including phenoxy) is 1. The van der Waals surface area contributed by atoms with Crippen LogP contribution < -0.4 is 0 Å². The molecular weight excluding hydrogens is 208 g/mol. The highest BCUT2D eigenvalue weighted by molar-refractivity contribution is 8.06. The van der Waals surface area contributed by atoms with E-state index in [1.165, 1.54) is 28.8 Å². The first-order valence-corrected chi connectivity index (χ1v) is 7.71. The first-order chi connectivity index (χ1) is 5.97. The molecule has 70 valence electrons. The van der Waals surface area contributed by atoms with Gasteiger partial charge in [-0.15, -0.1) is 0 Å². The van der Waals surface area contributed by atoms with E-state index in [4.69, 9.17) is 4.74 Å². The van der Waals surface area contributed by atoms with Gasteiger partial charge in [-0.25, -0.2) is 0 Å². The second-order valence-electron chi connectivity index (χ2n) is 2.97. The lowest BCUT2D eigenvalue weighted by Gasteiger charge is -2.31. The number of hydrogen-bond acceptors (Lipinski definition) is 4. The highest BCUT2D eigenvalue weighted by Crippen LogP contribution is 2.30. The van der Waals surface area contributed by atoms with Crippen LogP contribution in [0.2, 0.25) is 0 Å². The molecule has 0 radical (unpaired) electrons. The summed E-state index contributed by atoms with van der Waals surface area (Å²) in [6.07, 6.45) is 0.543. The molecule has 4 heteroatoms. The van der Waals surface area contributed by atoms with Gasteiger partial charge >= 0.3 is 0 Å². The quantitative estimate of drug-likeness (QED) is 0.670. The highest BCUT2D eigenvalue weighted by atomic mass is 32.2. The summed E-state index contributed by atoms with van der Waals surface area (Å²) >= 11 is 6.25. The van der Waals surface area contributed by atoms with E-state index in [-0.39, 0.29) is 0 Å². The van der Waals surface area contributed by atoms with Crippen molar-refractivity contribution in [3.63, 3.8) is 0 Å². The van der Waals surface area contributed by atoms with Gasteiger partial charge in [-0.05, 0) is 0 Å². The molecule has 0 aliphatic carbocycles. The minimum absolute atomic E-state index is 0.543. The van der Waals surface area contributed by atoms with Crippen LogP contribution in [0.4, 0.5) is 0 Å². The fourth-order valence-electron chi connectivity index (χ4n) is 1.44. The molecule has 2 rings (SSSR count). The van der Waals surface area contributed by atoms with Crippen LogP contribution in [-0.2, 0) is 4.74 Å². The summed E-state index contributed by atoms with van der Waals surface area (Å²) in [6, 6.07) is 0. The molecule has 0 bridgehead atoms. The second kappa shape index (κ2) is 5.03. The summed E-state index contributed by atoms with van der Waals surface area (Å²) in [5, 5.41) is 0.775. The fourth-order valence-corrected chi connectivity index (χ4v) is 5.34. The van der Waals surface area contributed by atoms with Crippen molar-refractivity contribution in [2.45, 2.75) is 11.4 Å². The summed E-state index contributed by atoms with van der Waals surface area (Å²) in [5.74, 6) is 6.37. The van der Waals surface area contributed by atoms with Crippen LogP contribution in [0, 0.1) is 0 Å². The smallest absolute Gasteiger partial charge is 0.0792 e. The summed E-state index contributed by atoms with van der Waals surface area (Å²) < 4.78 is 5.76. The van der Waals surface area contributed by atoms with Gasteiger partial charge in [-0.3, -0.25) is 0 Å². The standard InChI is InChI=1S/C8H14OS3/c1-2-10-5-7(9-1)8-6-11-3-4-12-8/h7-8H,1-6H2. The molecule has 0 saturated carbocycles. The van der Waals surface area contributed by atoms with Gasteiger partial charge in [-0.2, -0.15) is 35.3 Å². The maximum absolute atomic E-state index is 5.76.